The highest BCUT2D eigenvalue weighted by Crippen LogP contribution is 2.44. The first-order valence-electron chi connectivity index (χ1n) is 12.5. The van der Waals surface area contributed by atoms with Gasteiger partial charge in [-0.1, -0.05) is 84.9 Å². The summed E-state index contributed by atoms with van der Waals surface area (Å²) in [5, 5.41) is 2.09. The first kappa shape index (κ1) is 22.8. The van der Waals surface area contributed by atoms with E-state index in [1.165, 1.54) is 22.4 Å². The maximum Gasteiger partial charge on any atom is 0.216 e. The molecule has 0 unspecified atom stereocenters. The molecule has 178 valence electrons. The number of nitrogens with zero attached hydrogens (tertiary/aromatic N) is 2. The van der Waals surface area contributed by atoms with E-state index in [-0.39, 0.29) is 0 Å². The van der Waals surface area contributed by atoms with Gasteiger partial charge in [-0.2, -0.15) is 4.57 Å². The number of benzene rings is 4. The van der Waals surface area contributed by atoms with Gasteiger partial charge < -0.3 is 4.42 Å². The first-order valence-corrected chi connectivity index (χ1v) is 12.5. The normalized spacial score (nSPS) is 11.2. The predicted octanol–water partition coefficient (Wildman–Crippen LogP) is 8.89. The van der Waals surface area contributed by atoms with E-state index >= 15 is 0 Å². The van der Waals surface area contributed by atoms with Crippen molar-refractivity contribution in [2.24, 2.45) is 7.05 Å². The average molecular weight is 480 g/mol. The summed E-state index contributed by atoms with van der Waals surface area (Å²) >= 11 is 0. The molecule has 3 heteroatoms. The van der Waals surface area contributed by atoms with E-state index in [9.17, 15) is 0 Å². The maximum atomic E-state index is 7.80. The summed E-state index contributed by atoms with van der Waals surface area (Å²) in [4.78, 5) is 3.83. The molecule has 6 rings (SSSR count). The largest absolute Gasteiger partial charge is 0.456 e. The Morgan fingerprint density at radius 2 is 1.22 bits per heavy atom. The molecule has 0 N–H and O–H groups in total. The number of hydrogen-bond donors (Lipinski definition) is 0. The summed E-state index contributed by atoms with van der Waals surface area (Å²) in [6.45, 7) is 14.3. The second kappa shape index (κ2) is 8.76. The van der Waals surface area contributed by atoms with Gasteiger partial charge in [0.05, 0.1) is 17.7 Å². The van der Waals surface area contributed by atoms with Crippen molar-refractivity contribution in [3.8, 4) is 33.5 Å². The number of hydrogen-bond acceptors (Lipinski definition) is 1. The predicted molar refractivity (Wildman–Crippen MR) is 152 cm³/mol. The maximum absolute atomic E-state index is 7.80. The molecule has 4 aromatic carbocycles. The number of aryl methyl sites for hydroxylation is 2. The summed E-state index contributed by atoms with van der Waals surface area (Å²) in [7, 11) is 2.13. The lowest BCUT2D eigenvalue weighted by atomic mass is 9.94. The molecule has 0 bridgehead atoms. The topological polar surface area (TPSA) is 21.4 Å². The highest BCUT2D eigenvalue weighted by Gasteiger charge is 2.26. The summed E-state index contributed by atoms with van der Waals surface area (Å²) < 4.78 is 9.01. The number of pyridine rings is 1. The second-order valence-electron chi connectivity index (χ2n) is 9.65. The summed E-state index contributed by atoms with van der Waals surface area (Å²) in [6, 6.07) is 31.2. The molecular formula is C34H27N2O+. The van der Waals surface area contributed by atoms with Gasteiger partial charge in [-0.25, -0.2) is 4.85 Å². The van der Waals surface area contributed by atoms with Crippen molar-refractivity contribution in [2.45, 2.75) is 20.8 Å². The number of furan rings is 1. The first-order chi connectivity index (χ1) is 18.0. The van der Waals surface area contributed by atoms with Crippen LogP contribution in [0.2, 0.25) is 0 Å². The molecule has 6 aromatic rings. The zero-order valence-corrected chi connectivity index (χ0v) is 21.5. The number of rotatable bonds is 3. The van der Waals surface area contributed by atoms with Crippen LogP contribution >= 0.6 is 0 Å². The van der Waals surface area contributed by atoms with Crippen molar-refractivity contribution in [3.05, 3.63) is 119 Å². The van der Waals surface area contributed by atoms with Crippen LogP contribution in [0.3, 0.4) is 0 Å². The summed E-state index contributed by atoms with van der Waals surface area (Å²) in [5.74, 6) is 0. The van der Waals surface area contributed by atoms with E-state index in [4.69, 9.17) is 11.0 Å². The Kier molecular flexibility index (Phi) is 5.39. The Bertz CT molecular complexity index is 1860. The van der Waals surface area contributed by atoms with Gasteiger partial charge in [0.1, 0.15) is 18.2 Å². The van der Waals surface area contributed by atoms with Gasteiger partial charge in [0, 0.05) is 29.3 Å². The molecule has 0 spiro atoms. The minimum Gasteiger partial charge on any atom is -0.456 e. The third-order valence-corrected chi connectivity index (χ3v) is 7.47. The Hall–Kier alpha value is -4.68. The zero-order chi connectivity index (χ0) is 25.7. The molecule has 0 saturated carbocycles. The molecule has 0 atom stereocenters. The minimum absolute atomic E-state index is 0.598. The molecule has 0 radical (unpaired) electrons. The van der Waals surface area contributed by atoms with Crippen LogP contribution in [0.5, 0.6) is 0 Å². The average Bonchev–Trinajstić information content (AvgIpc) is 3.30. The zero-order valence-electron chi connectivity index (χ0n) is 21.5. The lowest BCUT2D eigenvalue weighted by Crippen LogP contribution is -2.36. The van der Waals surface area contributed by atoms with Crippen molar-refractivity contribution in [3.63, 3.8) is 0 Å². The van der Waals surface area contributed by atoms with Gasteiger partial charge in [-0.05, 0) is 36.1 Å². The monoisotopic (exact) mass is 479 g/mol. The Morgan fingerprint density at radius 1 is 0.649 bits per heavy atom. The van der Waals surface area contributed by atoms with Crippen LogP contribution in [0.25, 0.3) is 60.3 Å². The molecule has 0 aliphatic rings. The van der Waals surface area contributed by atoms with Gasteiger partial charge >= 0.3 is 0 Å². The van der Waals surface area contributed by atoms with E-state index in [0.717, 1.165) is 49.9 Å². The van der Waals surface area contributed by atoms with Crippen LogP contribution in [0.4, 0.5) is 5.69 Å². The van der Waals surface area contributed by atoms with E-state index < -0.39 is 0 Å². The quantitative estimate of drug-likeness (QED) is 0.183. The molecule has 0 amide bonds. The van der Waals surface area contributed by atoms with Crippen LogP contribution in [0.15, 0.2) is 95.4 Å². The van der Waals surface area contributed by atoms with Crippen LogP contribution in [-0.2, 0) is 7.05 Å². The molecule has 0 aliphatic heterocycles. The Labute approximate surface area is 217 Å². The van der Waals surface area contributed by atoms with Gasteiger partial charge in [0.25, 0.3) is 0 Å². The minimum atomic E-state index is 0.598. The van der Waals surface area contributed by atoms with Gasteiger partial charge in [0.2, 0.25) is 5.69 Å². The van der Waals surface area contributed by atoms with E-state index in [0.29, 0.717) is 5.69 Å². The number of fused-ring (bicyclic) bond motifs is 3. The molecule has 0 fully saturated rings. The molecule has 2 aromatic heterocycles. The van der Waals surface area contributed by atoms with Crippen LogP contribution in [0, 0.1) is 27.3 Å². The number of aromatic nitrogens is 1. The second-order valence-corrected chi connectivity index (χ2v) is 9.65. The molecule has 37 heavy (non-hydrogen) atoms. The lowest BCUT2D eigenvalue weighted by molar-refractivity contribution is -0.666. The van der Waals surface area contributed by atoms with Crippen molar-refractivity contribution in [1.82, 2.24) is 0 Å². The van der Waals surface area contributed by atoms with Crippen LogP contribution < -0.4 is 4.57 Å². The van der Waals surface area contributed by atoms with Gasteiger partial charge in [0.15, 0.2) is 11.4 Å². The van der Waals surface area contributed by atoms with Crippen molar-refractivity contribution in [1.29, 1.82) is 0 Å². The fourth-order valence-corrected chi connectivity index (χ4v) is 5.58. The highest BCUT2D eigenvalue weighted by molar-refractivity contribution is 6.15. The molecule has 0 saturated heterocycles. The van der Waals surface area contributed by atoms with Crippen molar-refractivity contribution in [2.75, 3.05) is 0 Å². The van der Waals surface area contributed by atoms with E-state index in [1.807, 2.05) is 42.5 Å². The van der Waals surface area contributed by atoms with Crippen LogP contribution in [0.1, 0.15) is 16.8 Å². The SMILES string of the molecule is [C-]#[N+]c1ccc2c(oc3c(-c4cc(C)c(-c5ccccc5)c(C)[n+]4C)c(C)ccc32)c1-c1ccccc1. The fourth-order valence-electron chi connectivity index (χ4n) is 5.58. The van der Waals surface area contributed by atoms with E-state index in [1.54, 1.807) is 0 Å². The van der Waals surface area contributed by atoms with Gasteiger partial charge in [-0.15, -0.1) is 0 Å². The van der Waals surface area contributed by atoms with Crippen molar-refractivity contribution >= 4 is 27.6 Å². The molecule has 2 heterocycles. The van der Waals surface area contributed by atoms with Crippen LogP contribution in [-0.4, -0.2) is 0 Å². The highest BCUT2D eigenvalue weighted by atomic mass is 16.3. The standard InChI is InChI=1S/C34H27N2O/c1-21-16-17-26-27-18-19-28(35-4)32(25-14-10-7-11-15-25)34(27)37-33(26)31(21)29-20-22(2)30(23(3)36(29)5)24-12-8-6-9-13-24/h6-20H,1-3,5H3/q+1. The lowest BCUT2D eigenvalue weighted by Gasteiger charge is -2.13. The fraction of sp³-hybridized carbons (Fsp3) is 0.118. The third kappa shape index (κ3) is 3.53. The third-order valence-electron chi connectivity index (χ3n) is 7.47. The molecule has 3 nitrogen and oxygen atoms in total. The molecule has 0 aliphatic carbocycles. The summed E-state index contributed by atoms with van der Waals surface area (Å²) in [5.41, 5.74) is 12.3. The Balaban J connectivity index is 1.67. The molecular weight excluding hydrogens is 452 g/mol. The van der Waals surface area contributed by atoms with Crippen molar-refractivity contribution < 1.29 is 8.98 Å². The van der Waals surface area contributed by atoms with Gasteiger partial charge in [-0.3, -0.25) is 0 Å². The smallest absolute Gasteiger partial charge is 0.216 e. The Morgan fingerprint density at radius 3 is 1.84 bits per heavy atom. The summed E-state index contributed by atoms with van der Waals surface area (Å²) in [6.07, 6.45) is 0. The van der Waals surface area contributed by atoms with E-state index in [2.05, 4.69) is 85.8 Å².